The number of imidazole rings is 1. The molecule has 148 valence electrons. The van der Waals surface area contributed by atoms with Gasteiger partial charge in [-0.25, -0.2) is 9.97 Å². The third-order valence-corrected chi connectivity index (χ3v) is 4.80. The first-order chi connectivity index (χ1) is 14.6. The Labute approximate surface area is 172 Å². The lowest BCUT2D eigenvalue weighted by Crippen LogP contribution is -2.05. The van der Waals surface area contributed by atoms with Crippen LogP contribution < -0.4 is 11.1 Å². The molecule has 0 aliphatic heterocycles. The molecule has 0 aliphatic carbocycles. The second kappa shape index (κ2) is 6.96. The van der Waals surface area contributed by atoms with E-state index in [1.54, 1.807) is 13.1 Å². The highest BCUT2D eigenvalue weighted by Gasteiger charge is 2.19. The summed E-state index contributed by atoms with van der Waals surface area (Å²) in [6.45, 7) is 3.87. The molecule has 4 heterocycles. The van der Waals surface area contributed by atoms with Crippen molar-refractivity contribution in [2.45, 2.75) is 13.8 Å². The van der Waals surface area contributed by atoms with Gasteiger partial charge in [0.15, 0.2) is 17.5 Å². The number of fused-ring (bicyclic) bond motifs is 1. The Hall–Kier alpha value is -4.27. The molecule has 0 saturated carbocycles. The van der Waals surface area contributed by atoms with Crippen LogP contribution in [0.2, 0.25) is 0 Å². The fourth-order valence-electron chi connectivity index (χ4n) is 3.46. The summed E-state index contributed by atoms with van der Waals surface area (Å²) in [5, 5.41) is 10.2. The predicted molar refractivity (Wildman–Crippen MR) is 115 cm³/mol. The van der Waals surface area contributed by atoms with Crippen LogP contribution in [-0.4, -0.2) is 34.5 Å². The van der Waals surface area contributed by atoms with Crippen molar-refractivity contribution in [1.82, 2.24) is 34.5 Å². The highest BCUT2D eigenvalue weighted by atomic mass is 15.2. The smallest absolute Gasteiger partial charge is 0.223 e. The van der Waals surface area contributed by atoms with Crippen LogP contribution in [0.3, 0.4) is 0 Å². The number of pyridine rings is 1. The Morgan fingerprint density at radius 2 is 1.83 bits per heavy atom. The molecule has 9 heteroatoms. The van der Waals surface area contributed by atoms with Gasteiger partial charge in [-0.1, -0.05) is 24.3 Å². The minimum absolute atomic E-state index is 0.160. The van der Waals surface area contributed by atoms with Crippen LogP contribution in [0.15, 0.2) is 54.9 Å². The number of aromatic nitrogens is 7. The molecule has 0 unspecified atom stereocenters. The van der Waals surface area contributed by atoms with Gasteiger partial charge in [0.2, 0.25) is 5.95 Å². The molecular formula is C21H19N9. The van der Waals surface area contributed by atoms with Gasteiger partial charge in [-0.15, -0.1) is 0 Å². The minimum atomic E-state index is 0.160. The average Bonchev–Trinajstić information content (AvgIpc) is 3.34. The van der Waals surface area contributed by atoms with E-state index in [2.05, 4.69) is 55.6 Å². The summed E-state index contributed by atoms with van der Waals surface area (Å²) >= 11 is 0. The summed E-state index contributed by atoms with van der Waals surface area (Å²) in [5.41, 5.74) is 10.7. The lowest BCUT2D eigenvalue weighted by Gasteiger charge is -2.09. The lowest BCUT2D eigenvalue weighted by atomic mass is 10.0. The van der Waals surface area contributed by atoms with Crippen molar-refractivity contribution < 1.29 is 0 Å². The molecule has 4 N–H and O–H groups in total. The third kappa shape index (κ3) is 3.12. The first kappa shape index (κ1) is 17.8. The fraction of sp³-hybridized carbons (Fsp3) is 0.0952. The number of nitrogens with zero attached hydrogens (tertiary/aromatic N) is 6. The SMILES string of the molecule is Cc1nc(N)nc(-c2c(Nc3cc[nH]n3)nc3ccc(-c4ccccc4C)cn23)n1. The van der Waals surface area contributed by atoms with Gasteiger partial charge in [-0.05, 0) is 42.7 Å². The molecule has 1 aromatic carbocycles. The molecule has 0 spiro atoms. The number of aromatic amines is 1. The quantitative estimate of drug-likeness (QED) is 0.424. The summed E-state index contributed by atoms with van der Waals surface area (Å²) in [6.07, 6.45) is 3.77. The van der Waals surface area contributed by atoms with Gasteiger partial charge < -0.3 is 11.1 Å². The van der Waals surface area contributed by atoms with E-state index in [4.69, 9.17) is 10.7 Å². The monoisotopic (exact) mass is 397 g/mol. The maximum Gasteiger partial charge on any atom is 0.223 e. The Bertz CT molecular complexity index is 1330. The Morgan fingerprint density at radius 3 is 2.60 bits per heavy atom. The Balaban J connectivity index is 1.76. The molecule has 0 aliphatic rings. The zero-order chi connectivity index (χ0) is 20.7. The summed E-state index contributed by atoms with van der Waals surface area (Å²) in [5.74, 6) is 2.35. The molecule has 5 rings (SSSR count). The number of nitrogens with one attached hydrogen (secondary N) is 2. The minimum Gasteiger partial charge on any atom is -0.368 e. The zero-order valence-corrected chi connectivity index (χ0v) is 16.5. The fourth-order valence-corrected chi connectivity index (χ4v) is 3.46. The highest BCUT2D eigenvalue weighted by Crippen LogP contribution is 2.31. The van der Waals surface area contributed by atoms with E-state index >= 15 is 0 Å². The molecule has 5 aromatic rings. The maximum atomic E-state index is 5.91. The van der Waals surface area contributed by atoms with E-state index in [-0.39, 0.29) is 5.95 Å². The van der Waals surface area contributed by atoms with Crippen LogP contribution in [0.1, 0.15) is 11.4 Å². The number of benzene rings is 1. The molecule has 9 nitrogen and oxygen atoms in total. The number of nitrogens with two attached hydrogens (primary N) is 1. The molecule has 4 aromatic heterocycles. The number of rotatable bonds is 4. The van der Waals surface area contributed by atoms with E-state index in [0.717, 1.165) is 16.8 Å². The maximum absolute atomic E-state index is 5.91. The molecule has 30 heavy (non-hydrogen) atoms. The Kier molecular flexibility index (Phi) is 4.13. The van der Waals surface area contributed by atoms with Crippen LogP contribution in [0, 0.1) is 13.8 Å². The normalized spacial score (nSPS) is 11.1. The van der Waals surface area contributed by atoms with Gasteiger partial charge >= 0.3 is 0 Å². The summed E-state index contributed by atoms with van der Waals surface area (Å²) in [6, 6.07) is 14.1. The van der Waals surface area contributed by atoms with Gasteiger partial charge in [-0.3, -0.25) is 9.50 Å². The van der Waals surface area contributed by atoms with Crippen molar-refractivity contribution >= 4 is 23.2 Å². The first-order valence-corrected chi connectivity index (χ1v) is 9.42. The molecule has 0 radical (unpaired) electrons. The highest BCUT2D eigenvalue weighted by molar-refractivity contribution is 5.78. The molecular weight excluding hydrogens is 378 g/mol. The van der Waals surface area contributed by atoms with E-state index in [9.17, 15) is 0 Å². The van der Waals surface area contributed by atoms with Crippen LogP contribution in [0.5, 0.6) is 0 Å². The van der Waals surface area contributed by atoms with Crippen LogP contribution >= 0.6 is 0 Å². The number of anilines is 3. The number of nitrogen functional groups attached to an aromatic ring is 1. The van der Waals surface area contributed by atoms with Crippen molar-refractivity contribution in [2.24, 2.45) is 0 Å². The van der Waals surface area contributed by atoms with E-state index in [1.165, 1.54) is 5.56 Å². The van der Waals surface area contributed by atoms with Crippen molar-refractivity contribution in [2.75, 3.05) is 11.1 Å². The van der Waals surface area contributed by atoms with Gasteiger partial charge in [0.05, 0.1) is 0 Å². The van der Waals surface area contributed by atoms with E-state index < -0.39 is 0 Å². The van der Waals surface area contributed by atoms with Crippen LogP contribution in [-0.2, 0) is 0 Å². The lowest BCUT2D eigenvalue weighted by molar-refractivity contribution is 0.983. The summed E-state index contributed by atoms with van der Waals surface area (Å²) in [7, 11) is 0. The number of aryl methyl sites for hydroxylation is 2. The third-order valence-electron chi connectivity index (χ3n) is 4.80. The van der Waals surface area contributed by atoms with Crippen LogP contribution in [0.4, 0.5) is 17.6 Å². The molecule has 0 amide bonds. The van der Waals surface area contributed by atoms with Crippen molar-refractivity contribution in [3.8, 4) is 22.6 Å². The second-order valence-electron chi connectivity index (χ2n) is 6.92. The number of H-pyrrole nitrogens is 1. The average molecular weight is 397 g/mol. The largest absolute Gasteiger partial charge is 0.368 e. The molecule has 0 fully saturated rings. The number of hydrogen-bond donors (Lipinski definition) is 3. The molecule has 0 atom stereocenters. The number of hydrogen-bond acceptors (Lipinski definition) is 7. The van der Waals surface area contributed by atoms with Gasteiger partial charge in [0.1, 0.15) is 17.2 Å². The summed E-state index contributed by atoms with van der Waals surface area (Å²) < 4.78 is 1.96. The van der Waals surface area contributed by atoms with Gasteiger partial charge in [-0.2, -0.15) is 15.1 Å². The van der Waals surface area contributed by atoms with Crippen molar-refractivity contribution in [3.63, 3.8) is 0 Å². The molecule has 0 saturated heterocycles. The van der Waals surface area contributed by atoms with Crippen molar-refractivity contribution in [3.05, 3.63) is 66.2 Å². The van der Waals surface area contributed by atoms with Gasteiger partial charge in [0, 0.05) is 18.5 Å². The zero-order valence-electron chi connectivity index (χ0n) is 16.5. The van der Waals surface area contributed by atoms with E-state index in [1.807, 2.05) is 34.9 Å². The van der Waals surface area contributed by atoms with Crippen LogP contribution in [0.25, 0.3) is 28.3 Å². The predicted octanol–water partition coefficient (Wildman–Crippen LogP) is 3.52. The molecule has 0 bridgehead atoms. The first-order valence-electron chi connectivity index (χ1n) is 9.42. The van der Waals surface area contributed by atoms with E-state index in [0.29, 0.717) is 29.0 Å². The topological polar surface area (TPSA) is 123 Å². The standard InChI is InChI=1S/C21H19N9/c1-12-5-3-4-6-15(12)14-7-8-17-27-20(26-16-9-10-23-29-16)18(30(17)11-14)19-24-13(2)25-21(22)28-19/h3-11H,1-2H3,(H2,23,26,29)(H2,22,24,25,28). The second-order valence-corrected chi connectivity index (χ2v) is 6.92. The Morgan fingerprint density at radius 1 is 0.967 bits per heavy atom. The summed E-state index contributed by atoms with van der Waals surface area (Å²) in [4.78, 5) is 17.7. The van der Waals surface area contributed by atoms with Gasteiger partial charge in [0.25, 0.3) is 0 Å². The van der Waals surface area contributed by atoms with Crippen molar-refractivity contribution in [1.29, 1.82) is 0 Å².